The van der Waals surface area contributed by atoms with Gasteiger partial charge in [0, 0.05) is 18.0 Å². The van der Waals surface area contributed by atoms with Crippen LogP contribution in [0.3, 0.4) is 0 Å². The Morgan fingerprint density at radius 3 is 2.73 bits per heavy atom. The number of fused-ring (bicyclic) bond motifs is 1. The number of rotatable bonds is 1. The molecule has 2 heterocycles. The van der Waals surface area contributed by atoms with Gasteiger partial charge in [-0.1, -0.05) is 11.6 Å². The van der Waals surface area contributed by atoms with Gasteiger partial charge in [-0.05, 0) is 25.3 Å². The summed E-state index contributed by atoms with van der Waals surface area (Å²) in [6.45, 7) is 0. The largest absolute Gasteiger partial charge is 0.251 e. The molecule has 2 aromatic heterocycles. The van der Waals surface area contributed by atoms with Crippen LogP contribution >= 0.6 is 11.6 Å². The highest BCUT2D eigenvalue weighted by atomic mass is 35.5. The normalized spacial score (nSPS) is 14.2. The van der Waals surface area contributed by atoms with E-state index in [9.17, 15) is 0 Å². The average Bonchev–Trinajstić information content (AvgIpc) is 2.83. The molecule has 1 aliphatic carbocycles. The molecule has 0 amide bonds. The van der Waals surface area contributed by atoms with E-state index in [1.54, 1.807) is 23.1 Å². The maximum absolute atomic E-state index is 6.22. The number of aromatic nitrogens is 4. The lowest BCUT2D eigenvalue weighted by atomic mass is 10.3. The van der Waals surface area contributed by atoms with E-state index in [2.05, 4.69) is 15.1 Å². The summed E-state index contributed by atoms with van der Waals surface area (Å²) in [6, 6.07) is 1.77. The fourth-order valence-corrected chi connectivity index (χ4v) is 2.20. The maximum atomic E-state index is 6.22. The fourth-order valence-electron chi connectivity index (χ4n) is 1.89. The van der Waals surface area contributed by atoms with Gasteiger partial charge in [0.25, 0.3) is 5.95 Å². The molecular formula is C10H9ClN4. The van der Waals surface area contributed by atoms with Gasteiger partial charge in [0.05, 0.1) is 5.69 Å². The van der Waals surface area contributed by atoms with E-state index in [4.69, 9.17) is 11.6 Å². The van der Waals surface area contributed by atoms with Crippen molar-refractivity contribution >= 4 is 11.6 Å². The lowest BCUT2D eigenvalue weighted by Gasteiger charge is -2.00. The van der Waals surface area contributed by atoms with Crippen molar-refractivity contribution in [2.45, 2.75) is 19.3 Å². The van der Waals surface area contributed by atoms with Crippen LogP contribution in [0, 0.1) is 0 Å². The lowest BCUT2D eigenvalue weighted by molar-refractivity contribution is 0.763. The predicted molar refractivity (Wildman–Crippen MR) is 56.2 cm³/mol. The molecule has 0 radical (unpaired) electrons. The summed E-state index contributed by atoms with van der Waals surface area (Å²) >= 11 is 6.22. The van der Waals surface area contributed by atoms with Gasteiger partial charge in [-0.25, -0.2) is 9.97 Å². The molecule has 0 N–H and O–H groups in total. The Morgan fingerprint density at radius 1 is 1.20 bits per heavy atom. The van der Waals surface area contributed by atoms with Gasteiger partial charge in [-0.2, -0.15) is 9.78 Å². The van der Waals surface area contributed by atoms with Crippen LogP contribution in [-0.2, 0) is 12.8 Å². The zero-order valence-electron chi connectivity index (χ0n) is 8.02. The van der Waals surface area contributed by atoms with Gasteiger partial charge in [-0.3, -0.25) is 0 Å². The second kappa shape index (κ2) is 3.31. The van der Waals surface area contributed by atoms with Crippen molar-refractivity contribution in [3.8, 4) is 5.95 Å². The number of hydrogen-bond donors (Lipinski definition) is 0. The minimum atomic E-state index is 0.539. The molecule has 2 aromatic rings. The quantitative estimate of drug-likeness (QED) is 0.736. The molecule has 1 aliphatic rings. The number of halogens is 1. The Hall–Kier alpha value is -1.42. The molecule has 5 heteroatoms. The van der Waals surface area contributed by atoms with Crippen molar-refractivity contribution in [3.63, 3.8) is 0 Å². The first-order valence-electron chi connectivity index (χ1n) is 4.90. The first-order valence-corrected chi connectivity index (χ1v) is 5.28. The summed E-state index contributed by atoms with van der Waals surface area (Å²) < 4.78 is 1.62. The number of aryl methyl sites for hydroxylation is 1. The summed E-state index contributed by atoms with van der Waals surface area (Å²) in [4.78, 5) is 8.26. The van der Waals surface area contributed by atoms with Crippen molar-refractivity contribution in [2.75, 3.05) is 0 Å². The SMILES string of the molecule is Clc1c2c(nn1-c1ncccn1)CCC2. The summed E-state index contributed by atoms with van der Waals surface area (Å²) in [5.41, 5.74) is 2.25. The van der Waals surface area contributed by atoms with E-state index in [1.807, 2.05) is 0 Å². The van der Waals surface area contributed by atoms with Gasteiger partial charge in [-0.15, -0.1) is 0 Å². The van der Waals surface area contributed by atoms with E-state index in [0.717, 1.165) is 30.5 Å². The topological polar surface area (TPSA) is 43.6 Å². The molecule has 15 heavy (non-hydrogen) atoms. The Labute approximate surface area is 91.9 Å². The highest BCUT2D eigenvalue weighted by Crippen LogP contribution is 2.29. The van der Waals surface area contributed by atoms with Crippen molar-refractivity contribution in [1.82, 2.24) is 19.7 Å². The molecule has 0 saturated heterocycles. The van der Waals surface area contributed by atoms with E-state index >= 15 is 0 Å². The number of hydrogen-bond acceptors (Lipinski definition) is 3. The average molecular weight is 221 g/mol. The molecule has 76 valence electrons. The van der Waals surface area contributed by atoms with Gasteiger partial charge in [0.15, 0.2) is 0 Å². The van der Waals surface area contributed by atoms with Crippen molar-refractivity contribution in [1.29, 1.82) is 0 Å². The monoisotopic (exact) mass is 220 g/mol. The third-order valence-electron chi connectivity index (χ3n) is 2.59. The molecule has 0 spiro atoms. The standard InChI is InChI=1S/C10H9ClN4/c11-9-7-3-1-4-8(7)14-15(9)10-12-5-2-6-13-10/h2,5-6H,1,3-4H2. The van der Waals surface area contributed by atoms with Crippen molar-refractivity contribution in [3.05, 3.63) is 34.9 Å². The molecule has 3 rings (SSSR count). The van der Waals surface area contributed by atoms with Gasteiger partial charge < -0.3 is 0 Å². The van der Waals surface area contributed by atoms with E-state index in [-0.39, 0.29) is 0 Å². The van der Waals surface area contributed by atoms with Crippen molar-refractivity contribution in [2.24, 2.45) is 0 Å². The molecule has 0 fully saturated rings. The van der Waals surface area contributed by atoms with Crippen LogP contribution in [0.15, 0.2) is 18.5 Å². The molecule has 0 bridgehead atoms. The van der Waals surface area contributed by atoms with Gasteiger partial charge in [0.1, 0.15) is 5.15 Å². The highest BCUT2D eigenvalue weighted by molar-refractivity contribution is 6.30. The first-order chi connectivity index (χ1) is 7.36. The minimum absolute atomic E-state index is 0.539. The van der Waals surface area contributed by atoms with Crippen LogP contribution in [0.25, 0.3) is 5.95 Å². The Morgan fingerprint density at radius 2 is 2.00 bits per heavy atom. The van der Waals surface area contributed by atoms with Crippen LogP contribution in [0.1, 0.15) is 17.7 Å². The summed E-state index contributed by atoms with van der Waals surface area (Å²) in [6.07, 6.45) is 6.54. The third-order valence-corrected chi connectivity index (χ3v) is 2.97. The Kier molecular flexibility index (Phi) is 1.95. The van der Waals surface area contributed by atoms with Crippen LogP contribution in [-0.4, -0.2) is 19.7 Å². The molecule has 0 saturated carbocycles. The van der Waals surface area contributed by atoms with Crippen LogP contribution in [0.2, 0.25) is 5.15 Å². The maximum Gasteiger partial charge on any atom is 0.251 e. The van der Waals surface area contributed by atoms with E-state index in [0.29, 0.717) is 11.1 Å². The van der Waals surface area contributed by atoms with E-state index in [1.165, 1.54) is 0 Å². The van der Waals surface area contributed by atoms with Crippen LogP contribution in [0.5, 0.6) is 0 Å². The minimum Gasteiger partial charge on any atom is -0.220 e. The third kappa shape index (κ3) is 1.33. The number of nitrogens with zero attached hydrogens (tertiary/aromatic N) is 4. The second-order valence-corrected chi connectivity index (χ2v) is 3.89. The lowest BCUT2D eigenvalue weighted by Crippen LogP contribution is -2.03. The first kappa shape index (κ1) is 8.85. The van der Waals surface area contributed by atoms with Crippen LogP contribution in [0.4, 0.5) is 0 Å². The molecule has 0 unspecified atom stereocenters. The Bertz CT molecular complexity index is 492. The van der Waals surface area contributed by atoms with E-state index < -0.39 is 0 Å². The highest BCUT2D eigenvalue weighted by Gasteiger charge is 2.22. The molecule has 0 atom stereocenters. The smallest absolute Gasteiger partial charge is 0.220 e. The van der Waals surface area contributed by atoms with Gasteiger partial charge >= 0.3 is 0 Å². The van der Waals surface area contributed by atoms with Gasteiger partial charge in [0.2, 0.25) is 0 Å². The molecule has 0 aliphatic heterocycles. The zero-order chi connectivity index (χ0) is 10.3. The van der Waals surface area contributed by atoms with Crippen LogP contribution < -0.4 is 0 Å². The summed E-state index contributed by atoms with van der Waals surface area (Å²) in [5.74, 6) is 0.539. The molecule has 4 nitrogen and oxygen atoms in total. The fraction of sp³-hybridized carbons (Fsp3) is 0.300. The zero-order valence-corrected chi connectivity index (χ0v) is 8.78. The molecule has 0 aromatic carbocycles. The Balaban J connectivity index is 2.14. The molecular weight excluding hydrogens is 212 g/mol. The predicted octanol–water partition coefficient (Wildman–Crippen LogP) is 1.80. The summed E-state index contributed by atoms with van der Waals surface area (Å²) in [7, 11) is 0. The van der Waals surface area contributed by atoms with Crippen molar-refractivity contribution < 1.29 is 0 Å². The second-order valence-electron chi connectivity index (χ2n) is 3.53. The summed E-state index contributed by atoms with van der Waals surface area (Å²) in [5, 5.41) is 5.08.